The zero-order chi connectivity index (χ0) is 18.7. The molecule has 148 valence electrons. The van der Waals surface area contributed by atoms with Crippen molar-refractivity contribution in [2.24, 2.45) is 4.99 Å². The molecule has 2 N–H and O–H groups in total. The van der Waals surface area contributed by atoms with Crippen molar-refractivity contribution in [3.8, 4) is 0 Å². The Morgan fingerprint density at radius 1 is 1.19 bits per heavy atom. The minimum atomic E-state index is 0. The Morgan fingerprint density at radius 3 is 2.46 bits per heavy atom. The summed E-state index contributed by atoms with van der Waals surface area (Å²) in [6, 6.07) is 3.99. The summed E-state index contributed by atoms with van der Waals surface area (Å²) >= 11 is 0. The van der Waals surface area contributed by atoms with Gasteiger partial charge in [0.05, 0.1) is 6.54 Å². The molecule has 0 saturated heterocycles. The van der Waals surface area contributed by atoms with Crippen molar-refractivity contribution in [1.29, 1.82) is 0 Å². The summed E-state index contributed by atoms with van der Waals surface area (Å²) in [5, 5.41) is 6.44. The number of aromatic nitrogens is 1. The van der Waals surface area contributed by atoms with Crippen LogP contribution in [0.3, 0.4) is 0 Å². The van der Waals surface area contributed by atoms with E-state index < -0.39 is 0 Å². The lowest BCUT2D eigenvalue weighted by molar-refractivity contribution is -0.130. The van der Waals surface area contributed by atoms with Gasteiger partial charge in [-0.1, -0.05) is 0 Å². The van der Waals surface area contributed by atoms with Crippen molar-refractivity contribution in [2.75, 3.05) is 45.2 Å². The fraction of sp³-hybridized carbons (Fsp3) is 0.611. The molecule has 0 radical (unpaired) electrons. The average molecular weight is 476 g/mol. The molecule has 0 fully saturated rings. The van der Waals surface area contributed by atoms with Crippen molar-refractivity contribution in [2.45, 2.75) is 33.7 Å². The summed E-state index contributed by atoms with van der Waals surface area (Å²) in [6.45, 7) is 9.42. The largest absolute Gasteiger partial charge is 0.363 e. The summed E-state index contributed by atoms with van der Waals surface area (Å²) < 4.78 is 0. The molecule has 1 rings (SSSR count). The molecule has 0 atom stereocenters. The predicted molar refractivity (Wildman–Crippen MR) is 119 cm³/mol. The van der Waals surface area contributed by atoms with Crippen LogP contribution in [-0.2, 0) is 11.3 Å². The number of halogens is 1. The van der Waals surface area contributed by atoms with Gasteiger partial charge in [-0.15, -0.1) is 24.0 Å². The molecule has 0 aromatic carbocycles. The topological polar surface area (TPSA) is 72.9 Å². The highest BCUT2D eigenvalue weighted by Gasteiger charge is 2.09. The summed E-state index contributed by atoms with van der Waals surface area (Å²) in [5.41, 5.74) is 1.09. The van der Waals surface area contributed by atoms with Crippen LogP contribution in [0.5, 0.6) is 0 Å². The van der Waals surface area contributed by atoms with E-state index in [2.05, 4.69) is 20.6 Å². The standard InChI is InChI=1S/C18H32N6O.HI/c1-6-19-18(21-12-10-17(25)24(7-2)8-3)22-14-15-9-11-20-16(13-15)23(4)5;/h9,11,13H,6-8,10,12,14H2,1-5H3,(H2,19,21,22);1H. The first-order valence-electron chi connectivity index (χ1n) is 8.93. The highest BCUT2D eigenvalue weighted by molar-refractivity contribution is 14.0. The van der Waals surface area contributed by atoms with Gasteiger partial charge in [0.2, 0.25) is 5.91 Å². The Labute approximate surface area is 174 Å². The molecule has 0 spiro atoms. The number of amides is 1. The minimum Gasteiger partial charge on any atom is -0.363 e. The normalized spacial score (nSPS) is 10.7. The van der Waals surface area contributed by atoms with Crippen molar-refractivity contribution < 1.29 is 4.79 Å². The van der Waals surface area contributed by atoms with Crippen LogP contribution in [0.2, 0.25) is 0 Å². The van der Waals surface area contributed by atoms with Gasteiger partial charge in [0.25, 0.3) is 0 Å². The highest BCUT2D eigenvalue weighted by Crippen LogP contribution is 2.10. The van der Waals surface area contributed by atoms with Gasteiger partial charge >= 0.3 is 0 Å². The van der Waals surface area contributed by atoms with Crippen LogP contribution in [0.4, 0.5) is 5.82 Å². The maximum Gasteiger partial charge on any atom is 0.224 e. The van der Waals surface area contributed by atoms with E-state index in [0.717, 1.165) is 37.0 Å². The first kappa shape index (κ1) is 24.4. The highest BCUT2D eigenvalue weighted by atomic mass is 127. The van der Waals surface area contributed by atoms with Gasteiger partial charge in [-0.3, -0.25) is 4.79 Å². The predicted octanol–water partition coefficient (Wildman–Crippen LogP) is 2.08. The van der Waals surface area contributed by atoms with Crippen LogP contribution < -0.4 is 15.5 Å². The molecular weight excluding hydrogens is 443 g/mol. The van der Waals surface area contributed by atoms with E-state index >= 15 is 0 Å². The molecule has 26 heavy (non-hydrogen) atoms. The summed E-state index contributed by atoms with van der Waals surface area (Å²) in [7, 11) is 3.93. The second-order valence-corrected chi connectivity index (χ2v) is 5.85. The lowest BCUT2D eigenvalue weighted by Gasteiger charge is -2.19. The molecular formula is C18H33IN6O. The molecule has 1 aromatic heterocycles. The zero-order valence-electron chi connectivity index (χ0n) is 16.6. The maximum atomic E-state index is 12.0. The first-order chi connectivity index (χ1) is 12.0. The van der Waals surface area contributed by atoms with Gasteiger partial charge in [-0.2, -0.15) is 0 Å². The molecule has 8 heteroatoms. The van der Waals surface area contributed by atoms with Gasteiger partial charge in [0.1, 0.15) is 5.82 Å². The van der Waals surface area contributed by atoms with E-state index in [4.69, 9.17) is 0 Å². The SMILES string of the molecule is CCNC(=NCc1ccnc(N(C)C)c1)NCCC(=O)N(CC)CC.I. The second-order valence-electron chi connectivity index (χ2n) is 5.85. The fourth-order valence-electron chi connectivity index (χ4n) is 2.34. The molecule has 1 amide bonds. The van der Waals surface area contributed by atoms with Crippen molar-refractivity contribution in [3.63, 3.8) is 0 Å². The number of anilines is 1. The average Bonchev–Trinajstić information content (AvgIpc) is 2.61. The quantitative estimate of drug-likeness (QED) is 0.325. The maximum absolute atomic E-state index is 12.0. The zero-order valence-corrected chi connectivity index (χ0v) is 18.9. The van der Waals surface area contributed by atoms with Crippen molar-refractivity contribution in [1.82, 2.24) is 20.5 Å². The Morgan fingerprint density at radius 2 is 1.88 bits per heavy atom. The number of carbonyl (C=O) groups is 1. The molecule has 1 aromatic rings. The number of aliphatic imine (C=N–C) groups is 1. The number of hydrogen-bond acceptors (Lipinski definition) is 4. The first-order valence-corrected chi connectivity index (χ1v) is 8.93. The summed E-state index contributed by atoms with van der Waals surface area (Å²) in [4.78, 5) is 24.7. The Balaban J connectivity index is 0.00000625. The van der Waals surface area contributed by atoms with Crippen LogP contribution in [0.1, 0.15) is 32.8 Å². The third-order valence-electron chi connectivity index (χ3n) is 3.78. The van der Waals surface area contributed by atoms with Crippen molar-refractivity contribution >= 4 is 41.7 Å². The molecule has 0 aliphatic heterocycles. The van der Waals surface area contributed by atoms with E-state index in [-0.39, 0.29) is 29.9 Å². The third-order valence-corrected chi connectivity index (χ3v) is 3.78. The van der Waals surface area contributed by atoms with Gasteiger partial charge in [0, 0.05) is 52.9 Å². The third kappa shape index (κ3) is 8.68. The number of guanidine groups is 1. The molecule has 1 heterocycles. The minimum absolute atomic E-state index is 0. The smallest absolute Gasteiger partial charge is 0.224 e. The summed E-state index contributed by atoms with van der Waals surface area (Å²) in [5.74, 6) is 1.80. The molecule has 0 bridgehead atoms. The van der Waals surface area contributed by atoms with E-state index in [9.17, 15) is 4.79 Å². The lowest BCUT2D eigenvalue weighted by atomic mass is 10.2. The monoisotopic (exact) mass is 476 g/mol. The Bertz CT molecular complexity index is 560. The van der Waals surface area contributed by atoms with Crippen LogP contribution >= 0.6 is 24.0 Å². The number of hydrogen-bond donors (Lipinski definition) is 2. The molecule has 0 saturated carbocycles. The number of carbonyl (C=O) groups excluding carboxylic acids is 1. The number of pyridine rings is 1. The van der Waals surface area contributed by atoms with Gasteiger partial charge in [0.15, 0.2) is 5.96 Å². The van der Waals surface area contributed by atoms with Crippen LogP contribution in [0.25, 0.3) is 0 Å². The second kappa shape index (κ2) is 13.6. The summed E-state index contributed by atoms with van der Waals surface area (Å²) in [6.07, 6.45) is 2.26. The molecule has 0 aliphatic carbocycles. The van der Waals surface area contributed by atoms with Crippen molar-refractivity contribution in [3.05, 3.63) is 23.9 Å². The fourth-order valence-corrected chi connectivity index (χ4v) is 2.34. The number of rotatable bonds is 9. The molecule has 7 nitrogen and oxygen atoms in total. The number of nitrogens with one attached hydrogen (secondary N) is 2. The van der Waals surface area contributed by atoms with Gasteiger partial charge < -0.3 is 20.4 Å². The molecule has 0 unspecified atom stereocenters. The van der Waals surface area contributed by atoms with E-state index in [1.807, 2.05) is 56.8 Å². The Kier molecular flexibility index (Phi) is 12.8. The van der Waals surface area contributed by atoms with Gasteiger partial charge in [-0.25, -0.2) is 9.98 Å². The van der Waals surface area contributed by atoms with Gasteiger partial charge in [-0.05, 0) is 38.5 Å². The van der Waals surface area contributed by atoms with Crippen LogP contribution in [0.15, 0.2) is 23.3 Å². The van der Waals surface area contributed by atoms with Crippen LogP contribution in [-0.4, -0.2) is 62.0 Å². The lowest BCUT2D eigenvalue weighted by Crippen LogP contribution is -2.40. The Hall–Kier alpha value is -1.58. The van der Waals surface area contributed by atoms with E-state index in [1.54, 1.807) is 6.20 Å². The van der Waals surface area contributed by atoms with E-state index in [1.165, 1.54) is 0 Å². The molecule has 0 aliphatic rings. The van der Waals surface area contributed by atoms with Crippen LogP contribution in [0, 0.1) is 0 Å². The number of nitrogens with zero attached hydrogens (tertiary/aromatic N) is 4. The van der Waals surface area contributed by atoms with E-state index in [0.29, 0.717) is 19.5 Å².